The monoisotopic (exact) mass is 380 g/mol. The van der Waals surface area contributed by atoms with Gasteiger partial charge >= 0.3 is 0 Å². The number of nitrogens with zero attached hydrogens (tertiary/aromatic N) is 2. The van der Waals surface area contributed by atoms with Crippen molar-refractivity contribution in [1.82, 2.24) is 14.9 Å². The number of benzene rings is 1. The highest BCUT2D eigenvalue weighted by Crippen LogP contribution is 2.23. The summed E-state index contributed by atoms with van der Waals surface area (Å²) in [6, 6.07) is 11.2. The summed E-state index contributed by atoms with van der Waals surface area (Å²) in [7, 11) is 0. The number of H-pyrrole nitrogens is 1. The van der Waals surface area contributed by atoms with Crippen molar-refractivity contribution in [1.29, 1.82) is 0 Å². The van der Waals surface area contributed by atoms with Gasteiger partial charge < -0.3 is 10.7 Å². The summed E-state index contributed by atoms with van der Waals surface area (Å²) in [5.41, 5.74) is 8.75. The topological polar surface area (TPSA) is 92.1 Å². The highest BCUT2D eigenvalue weighted by atomic mass is 32.1. The number of carbonyl (C=O) groups is 1. The molecule has 138 valence electrons. The Morgan fingerprint density at radius 2 is 2.04 bits per heavy atom. The van der Waals surface area contributed by atoms with E-state index in [1.165, 1.54) is 11.3 Å². The van der Waals surface area contributed by atoms with Gasteiger partial charge in [0.1, 0.15) is 5.82 Å². The van der Waals surface area contributed by atoms with E-state index in [2.05, 4.69) is 14.9 Å². The molecule has 27 heavy (non-hydrogen) atoms. The molecule has 0 saturated carbocycles. The van der Waals surface area contributed by atoms with Gasteiger partial charge in [-0.25, -0.2) is 4.98 Å². The largest absolute Gasteiger partial charge is 0.399 e. The lowest BCUT2D eigenvalue weighted by Crippen LogP contribution is -2.35. The average Bonchev–Trinajstić information content (AvgIpc) is 3.11. The third-order valence-electron chi connectivity index (χ3n) is 4.72. The van der Waals surface area contributed by atoms with Crippen molar-refractivity contribution in [3.05, 3.63) is 67.8 Å². The quantitative estimate of drug-likeness (QED) is 0.536. The van der Waals surface area contributed by atoms with E-state index in [0.717, 1.165) is 46.1 Å². The average molecular weight is 380 g/mol. The van der Waals surface area contributed by atoms with Crippen LogP contribution in [-0.4, -0.2) is 27.2 Å². The number of fused-ring (bicyclic) bond motifs is 1. The molecule has 3 heterocycles. The van der Waals surface area contributed by atoms with Gasteiger partial charge in [-0.05, 0) is 43.3 Å². The van der Waals surface area contributed by atoms with E-state index >= 15 is 0 Å². The number of thiophene rings is 1. The zero-order chi connectivity index (χ0) is 19.0. The summed E-state index contributed by atoms with van der Waals surface area (Å²) in [6.45, 7) is 3.71. The molecule has 1 aliphatic heterocycles. The molecule has 4 rings (SSSR count). The second kappa shape index (κ2) is 7.09. The first-order valence-electron chi connectivity index (χ1n) is 8.79. The van der Waals surface area contributed by atoms with Crippen LogP contribution in [0.25, 0.3) is 11.4 Å². The van der Waals surface area contributed by atoms with Crippen LogP contribution in [0.15, 0.2) is 41.2 Å². The van der Waals surface area contributed by atoms with E-state index in [1.54, 1.807) is 19.1 Å². The van der Waals surface area contributed by atoms with Crippen molar-refractivity contribution < 1.29 is 4.79 Å². The molecule has 0 bridgehead atoms. The number of Topliss-reactive ketones (excluding diaryl/α,β-unsaturated/α-hetero) is 1. The number of ketones is 1. The Balaban J connectivity index is 1.55. The maximum atomic E-state index is 12.6. The molecule has 0 atom stereocenters. The van der Waals surface area contributed by atoms with Crippen LogP contribution in [0.5, 0.6) is 0 Å². The lowest BCUT2D eigenvalue weighted by atomic mass is 10.1. The van der Waals surface area contributed by atoms with Gasteiger partial charge in [0.2, 0.25) is 0 Å². The second-order valence-electron chi connectivity index (χ2n) is 6.74. The van der Waals surface area contributed by atoms with Gasteiger partial charge in [0.25, 0.3) is 5.56 Å². The molecule has 2 aromatic heterocycles. The molecule has 3 N–H and O–H groups in total. The molecule has 1 aromatic carbocycles. The molecule has 1 aliphatic rings. The van der Waals surface area contributed by atoms with E-state index in [4.69, 9.17) is 5.73 Å². The van der Waals surface area contributed by atoms with E-state index in [-0.39, 0.29) is 11.3 Å². The van der Waals surface area contributed by atoms with Crippen LogP contribution in [0.3, 0.4) is 0 Å². The summed E-state index contributed by atoms with van der Waals surface area (Å²) < 4.78 is 0. The fourth-order valence-corrected chi connectivity index (χ4v) is 4.21. The van der Waals surface area contributed by atoms with Gasteiger partial charge in [-0.2, -0.15) is 0 Å². The van der Waals surface area contributed by atoms with Crippen molar-refractivity contribution >= 4 is 22.8 Å². The number of carbonyl (C=O) groups excluding carboxylic acids is 1. The molecule has 6 nitrogen and oxygen atoms in total. The van der Waals surface area contributed by atoms with Gasteiger partial charge in [0, 0.05) is 42.2 Å². The summed E-state index contributed by atoms with van der Waals surface area (Å²) in [5.74, 6) is 0.669. The minimum absolute atomic E-state index is 0.0890. The van der Waals surface area contributed by atoms with Gasteiger partial charge in [-0.15, -0.1) is 11.3 Å². The molecule has 0 amide bonds. The number of nitrogens with two attached hydrogens (primary N) is 1. The summed E-state index contributed by atoms with van der Waals surface area (Å²) >= 11 is 1.52. The smallest absolute Gasteiger partial charge is 0.255 e. The number of nitrogen functional groups attached to an aromatic ring is 1. The Labute approximate surface area is 160 Å². The lowest BCUT2D eigenvalue weighted by molar-refractivity contribution is 0.102. The summed E-state index contributed by atoms with van der Waals surface area (Å²) in [5, 5.41) is 0. The zero-order valence-electron chi connectivity index (χ0n) is 15.0. The van der Waals surface area contributed by atoms with Crippen LogP contribution in [0, 0.1) is 0 Å². The van der Waals surface area contributed by atoms with Crippen molar-refractivity contribution in [2.45, 2.75) is 26.4 Å². The molecule has 0 saturated heterocycles. The number of aromatic nitrogens is 2. The third kappa shape index (κ3) is 3.70. The van der Waals surface area contributed by atoms with Crippen LogP contribution in [0.4, 0.5) is 5.69 Å². The van der Waals surface area contributed by atoms with Gasteiger partial charge in [-0.1, -0.05) is 0 Å². The van der Waals surface area contributed by atoms with Crippen LogP contribution in [0.2, 0.25) is 0 Å². The molecular formula is C20H20N4O2S. The Morgan fingerprint density at radius 3 is 2.74 bits per heavy atom. The van der Waals surface area contributed by atoms with Crippen molar-refractivity contribution in [2.24, 2.45) is 0 Å². The summed E-state index contributed by atoms with van der Waals surface area (Å²) in [6.07, 6.45) is 0.728. The predicted octanol–water partition coefficient (Wildman–Crippen LogP) is 2.84. The highest BCUT2D eigenvalue weighted by Gasteiger charge is 2.22. The fraction of sp³-hybridized carbons (Fsp3) is 0.250. The maximum absolute atomic E-state index is 12.6. The first-order valence-corrected chi connectivity index (χ1v) is 9.61. The molecule has 0 spiro atoms. The van der Waals surface area contributed by atoms with E-state index in [0.29, 0.717) is 18.1 Å². The normalized spacial score (nSPS) is 14.1. The number of hydrogen-bond acceptors (Lipinski definition) is 6. The Morgan fingerprint density at radius 1 is 1.26 bits per heavy atom. The van der Waals surface area contributed by atoms with E-state index in [1.807, 2.05) is 24.3 Å². The number of rotatable bonds is 4. The predicted molar refractivity (Wildman–Crippen MR) is 107 cm³/mol. The number of hydrogen-bond donors (Lipinski definition) is 2. The fourth-order valence-electron chi connectivity index (χ4n) is 3.27. The molecule has 0 unspecified atom stereocenters. The first-order chi connectivity index (χ1) is 13.0. The Bertz CT molecular complexity index is 1050. The third-order valence-corrected chi connectivity index (χ3v) is 5.89. The molecular weight excluding hydrogens is 360 g/mol. The van der Waals surface area contributed by atoms with Crippen molar-refractivity contribution in [3.63, 3.8) is 0 Å². The second-order valence-corrected chi connectivity index (χ2v) is 7.91. The molecule has 0 fully saturated rings. The SMILES string of the molecule is CC(=O)c1ccc(CN2CCc3nc(-c4ccc(N)cc4)[nH]c(=O)c3C2)s1. The van der Waals surface area contributed by atoms with Gasteiger partial charge in [0.05, 0.1) is 16.1 Å². The zero-order valence-corrected chi connectivity index (χ0v) is 15.8. The maximum Gasteiger partial charge on any atom is 0.255 e. The van der Waals surface area contributed by atoms with E-state index < -0.39 is 0 Å². The van der Waals surface area contributed by atoms with Crippen LogP contribution in [-0.2, 0) is 19.5 Å². The highest BCUT2D eigenvalue weighted by molar-refractivity contribution is 7.14. The number of anilines is 1. The minimum atomic E-state index is -0.0906. The van der Waals surface area contributed by atoms with Gasteiger partial charge in [-0.3, -0.25) is 14.5 Å². The first kappa shape index (κ1) is 17.6. The van der Waals surface area contributed by atoms with Crippen molar-refractivity contribution in [2.75, 3.05) is 12.3 Å². The van der Waals surface area contributed by atoms with Crippen molar-refractivity contribution in [3.8, 4) is 11.4 Å². The Kier molecular flexibility index (Phi) is 4.63. The van der Waals surface area contributed by atoms with Crippen LogP contribution in [0.1, 0.15) is 32.7 Å². The molecule has 0 aliphatic carbocycles. The van der Waals surface area contributed by atoms with Crippen LogP contribution >= 0.6 is 11.3 Å². The standard InChI is InChI=1S/C20H20N4O2S/c1-12(25)18-7-6-15(27-18)10-24-9-8-17-16(11-24)20(26)23-19(22-17)13-2-4-14(21)5-3-13/h2-7H,8-11,21H2,1H3,(H,22,23,26). The number of aromatic amines is 1. The molecule has 0 radical (unpaired) electrons. The molecule has 7 heteroatoms. The minimum Gasteiger partial charge on any atom is -0.399 e. The van der Waals surface area contributed by atoms with E-state index in [9.17, 15) is 9.59 Å². The van der Waals surface area contributed by atoms with Gasteiger partial charge in [0.15, 0.2) is 5.78 Å². The number of nitrogens with one attached hydrogen (secondary N) is 1. The summed E-state index contributed by atoms with van der Waals surface area (Å²) in [4.78, 5) is 35.8. The van der Waals surface area contributed by atoms with Crippen LogP contribution < -0.4 is 11.3 Å². The molecule has 3 aromatic rings. The Hall–Kier alpha value is -2.77. The lowest BCUT2D eigenvalue weighted by Gasteiger charge is -2.27.